The topological polar surface area (TPSA) is 75.6 Å². The number of esters is 1. The number of hydrogen-bond acceptors (Lipinski definition) is 6. The molecule has 2 aromatic rings. The summed E-state index contributed by atoms with van der Waals surface area (Å²) in [6.07, 6.45) is 3.11. The van der Waals surface area contributed by atoms with Crippen molar-refractivity contribution in [2.45, 2.75) is 25.8 Å². The Morgan fingerprint density at radius 3 is 2.48 bits per heavy atom. The fourth-order valence-corrected chi connectivity index (χ4v) is 3.55. The van der Waals surface area contributed by atoms with Gasteiger partial charge in [-0.15, -0.1) is 10.2 Å². The lowest BCUT2D eigenvalue weighted by Crippen LogP contribution is -2.38. The third-order valence-corrected chi connectivity index (χ3v) is 5.10. The van der Waals surface area contributed by atoms with Gasteiger partial charge in [0.25, 0.3) is 5.91 Å². The maximum absolute atomic E-state index is 12.4. The molecule has 1 aromatic carbocycles. The quantitative estimate of drug-likeness (QED) is 0.769. The Morgan fingerprint density at radius 1 is 0.963 bits per heavy atom. The van der Waals surface area contributed by atoms with Crippen LogP contribution in [-0.4, -0.2) is 53.2 Å². The van der Waals surface area contributed by atoms with Crippen molar-refractivity contribution in [3.05, 3.63) is 53.2 Å². The number of nitrogens with zero attached hydrogens (tertiary/aromatic N) is 4. The second-order valence-corrected chi connectivity index (χ2v) is 6.88. The number of rotatable bonds is 4. The summed E-state index contributed by atoms with van der Waals surface area (Å²) in [7, 11) is 0. The Bertz CT molecular complexity index is 831. The molecule has 27 heavy (non-hydrogen) atoms. The molecule has 4 rings (SSSR count). The number of fused-ring (bicyclic) bond motifs is 1. The first kappa shape index (κ1) is 17.5. The predicted octanol–water partition coefficient (Wildman–Crippen LogP) is 1.82. The molecule has 140 valence electrons. The third-order valence-electron chi connectivity index (χ3n) is 5.10. The fourth-order valence-electron chi connectivity index (χ4n) is 3.55. The first-order valence-electron chi connectivity index (χ1n) is 9.31. The number of amides is 1. The van der Waals surface area contributed by atoms with Gasteiger partial charge in [0.15, 0.2) is 18.1 Å². The maximum atomic E-state index is 12.4. The Labute approximate surface area is 157 Å². The molecular formula is C20H22N4O3. The number of ether oxygens (including phenoxy) is 1. The van der Waals surface area contributed by atoms with Gasteiger partial charge in [-0.1, -0.05) is 24.3 Å². The molecule has 2 aliphatic rings. The minimum atomic E-state index is -0.624. The van der Waals surface area contributed by atoms with Crippen molar-refractivity contribution in [3.63, 3.8) is 0 Å². The molecule has 0 unspecified atom stereocenters. The van der Waals surface area contributed by atoms with E-state index in [1.807, 2.05) is 18.2 Å². The van der Waals surface area contributed by atoms with E-state index in [0.717, 1.165) is 43.7 Å². The molecular weight excluding hydrogens is 344 g/mol. The summed E-state index contributed by atoms with van der Waals surface area (Å²) in [6.45, 7) is 2.84. The molecule has 1 fully saturated rings. The van der Waals surface area contributed by atoms with Gasteiger partial charge in [-0.3, -0.25) is 4.79 Å². The second kappa shape index (κ2) is 7.73. The highest BCUT2D eigenvalue weighted by molar-refractivity contribution is 5.89. The van der Waals surface area contributed by atoms with E-state index in [1.54, 1.807) is 17.0 Å². The molecule has 7 nitrogen and oxygen atoms in total. The summed E-state index contributed by atoms with van der Waals surface area (Å²) in [5, 5.41) is 8.06. The minimum absolute atomic E-state index is 0.120. The molecule has 0 aliphatic carbocycles. The monoisotopic (exact) mass is 366 g/mol. The van der Waals surface area contributed by atoms with E-state index in [4.69, 9.17) is 4.74 Å². The van der Waals surface area contributed by atoms with Crippen LogP contribution in [0.1, 0.15) is 34.5 Å². The molecule has 3 heterocycles. The molecule has 1 aromatic heterocycles. The van der Waals surface area contributed by atoms with Gasteiger partial charge >= 0.3 is 5.97 Å². The summed E-state index contributed by atoms with van der Waals surface area (Å²) >= 11 is 0. The van der Waals surface area contributed by atoms with Crippen LogP contribution in [0.4, 0.5) is 5.82 Å². The summed E-state index contributed by atoms with van der Waals surface area (Å²) in [5.41, 5.74) is 2.54. The zero-order valence-corrected chi connectivity index (χ0v) is 15.1. The van der Waals surface area contributed by atoms with Crippen LogP contribution < -0.4 is 4.90 Å². The Morgan fingerprint density at radius 2 is 1.74 bits per heavy atom. The number of carbonyl (C=O) groups excluding carboxylic acids is 2. The van der Waals surface area contributed by atoms with Crippen molar-refractivity contribution >= 4 is 17.7 Å². The van der Waals surface area contributed by atoms with Crippen LogP contribution in [0.25, 0.3) is 0 Å². The average Bonchev–Trinajstić information content (AvgIpc) is 3.26. The van der Waals surface area contributed by atoms with E-state index in [0.29, 0.717) is 13.1 Å². The largest absolute Gasteiger partial charge is 0.451 e. The summed E-state index contributed by atoms with van der Waals surface area (Å²) < 4.78 is 5.15. The summed E-state index contributed by atoms with van der Waals surface area (Å²) in [6, 6.07) is 11.5. The van der Waals surface area contributed by atoms with E-state index in [2.05, 4.69) is 21.2 Å². The number of benzene rings is 1. The molecule has 0 spiro atoms. The van der Waals surface area contributed by atoms with E-state index in [-0.39, 0.29) is 18.2 Å². The van der Waals surface area contributed by atoms with E-state index >= 15 is 0 Å². The van der Waals surface area contributed by atoms with Gasteiger partial charge in [0, 0.05) is 26.2 Å². The number of hydrogen-bond donors (Lipinski definition) is 0. The number of aromatic nitrogens is 2. The molecule has 0 N–H and O–H groups in total. The summed E-state index contributed by atoms with van der Waals surface area (Å²) in [5.74, 6) is -0.0483. The normalized spacial score (nSPS) is 16.1. The lowest BCUT2D eigenvalue weighted by molar-refractivity contribution is -0.135. The zero-order valence-electron chi connectivity index (χ0n) is 15.1. The molecule has 0 radical (unpaired) electrons. The molecule has 7 heteroatoms. The molecule has 1 saturated heterocycles. The Hall–Kier alpha value is -2.96. The first-order chi connectivity index (χ1) is 13.2. The highest BCUT2D eigenvalue weighted by atomic mass is 16.5. The maximum Gasteiger partial charge on any atom is 0.359 e. The molecule has 2 aliphatic heterocycles. The SMILES string of the molecule is O=C(OCC(=O)N1CCc2ccccc2C1)c1ccc(N2CCCC2)nn1. The summed E-state index contributed by atoms with van der Waals surface area (Å²) in [4.78, 5) is 28.4. The van der Waals surface area contributed by atoms with Gasteiger partial charge in [0.1, 0.15) is 0 Å². The lowest BCUT2D eigenvalue weighted by atomic mass is 10.00. The minimum Gasteiger partial charge on any atom is -0.451 e. The molecule has 0 atom stereocenters. The van der Waals surface area contributed by atoms with Gasteiger partial charge < -0.3 is 14.5 Å². The van der Waals surface area contributed by atoms with Crippen molar-refractivity contribution in [1.82, 2.24) is 15.1 Å². The number of carbonyl (C=O) groups is 2. The zero-order chi connectivity index (χ0) is 18.6. The smallest absolute Gasteiger partial charge is 0.359 e. The van der Waals surface area contributed by atoms with Gasteiger partial charge in [-0.05, 0) is 42.5 Å². The van der Waals surface area contributed by atoms with Gasteiger partial charge in [0.2, 0.25) is 0 Å². The van der Waals surface area contributed by atoms with Gasteiger partial charge in [-0.25, -0.2) is 4.79 Å². The van der Waals surface area contributed by atoms with Crippen LogP contribution in [0, 0.1) is 0 Å². The third kappa shape index (κ3) is 3.92. The van der Waals surface area contributed by atoms with E-state index in [1.165, 1.54) is 5.56 Å². The lowest BCUT2D eigenvalue weighted by Gasteiger charge is -2.28. The molecule has 0 bridgehead atoms. The predicted molar refractivity (Wildman–Crippen MR) is 99.3 cm³/mol. The van der Waals surface area contributed by atoms with E-state index < -0.39 is 5.97 Å². The van der Waals surface area contributed by atoms with E-state index in [9.17, 15) is 9.59 Å². The average molecular weight is 366 g/mol. The standard InChI is InChI=1S/C20H22N4O3/c25-19(24-12-9-15-5-1-2-6-16(15)13-24)14-27-20(26)17-7-8-18(22-21-17)23-10-3-4-11-23/h1-2,5-8H,3-4,9-14H2. The fraction of sp³-hybridized carbons (Fsp3) is 0.400. The Kier molecular flexibility index (Phi) is 5.00. The van der Waals surface area contributed by atoms with Crippen LogP contribution in [-0.2, 0) is 22.5 Å². The van der Waals surface area contributed by atoms with Crippen LogP contribution in [0.5, 0.6) is 0 Å². The number of anilines is 1. The van der Waals surface area contributed by atoms with Crippen LogP contribution in [0.15, 0.2) is 36.4 Å². The second-order valence-electron chi connectivity index (χ2n) is 6.88. The highest BCUT2D eigenvalue weighted by Crippen LogP contribution is 2.19. The van der Waals surface area contributed by atoms with Crippen LogP contribution in [0.2, 0.25) is 0 Å². The first-order valence-corrected chi connectivity index (χ1v) is 9.31. The van der Waals surface area contributed by atoms with Gasteiger partial charge in [0.05, 0.1) is 0 Å². The molecule has 0 saturated carbocycles. The van der Waals surface area contributed by atoms with Crippen molar-refractivity contribution < 1.29 is 14.3 Å². The van der Waals surface area contributed by atoms with Crippen LogP contribution in [0.3, 0.4) is 0 Å². The molecule has 1 amide bonds. The van der Waals surface area contributed by atoms with Crippen molar-refractivity contribution in [1.29, 1.82) is 0 Å². The Balaban J connectivity index is 1.30. The van der Waals surface area contributed by atoms with Crippen LogP contribution >= 0.6 is 0 Å². The van der Waals surface area contributed by atoms with Crippen molar-refractivity contribution in [3.8, 4) is 0 Å². The van der Waals surface area contributed by atoms with Crippen molar-refractivity contribution in [2.24, 2.45) is 0 Å². The van der Waals surface area contributed by atoms with Gasteiger partial charge in [-0.2, -0.15) is 0 Å². The highest BCUT2D eigenvalue weighted by Gasteiger charge is 2.22. The van der Waals surface area contributed by atoms with Crippen molar-refractivity contribution in [2.75, 3.05) is 31.1 Å².